The zero-order valence-electron chi connectivity index (χ0n) is 17.7. The van der Waals surface area contributed by atoms with E-state index in [4.69, 9.17) is 0 Å². The second-order valence-electron chi connectivity index (χ2n) is 8.99. The maximum Gasteiger partial charge on any atom is 0.325 e. The predicted octanol–water partition coefficient (Wildman–Crippen LogP) is 3.14. The lowest BCUT2D eigenvalue weighted by Gasteiger charge is -2.27. The summed E-state index contributed by atoms with van der Waals surface area (Å²) in [7, 11) is 0. The Hall–Kier alpha value is -3.15. The molecular formula is C25H27N3O3. The van der Waals surface area contributed by atoms with Gasteiger partial charge in [0.1, 0.15) is 12.1 Å². The van der Waals surface area contributed by atoms with Crippen LogP contribution in [0.1, 0.15) is 60.0 Å². The number of carbonyl (C=O) groups is 3. The first-order valence-electron chi connectivity index (χ1n) is 11.1. The van der Waals surface area contributed by atoms with Gasteiger partial charge in [-0.2, -0.15) is 0 Å². The minimum Gasteiger partial charge on any atom is -0.348 e. The summed E-state index contributed by atoms with van der Waals surface area (Å²) >= 11 is 0. The molecule has 2 atom stereocenters. The fraction of sp³-hybridized carbons (Fsp3) is 0.400. The van der Waals surface area contributed by atoms with E-state index in [1.807, 2.05) is 30.3 Å². The molecule has 0 spiro atoms. The maximum absolute atomic E-state index is 13.2. The quantitative estimate of drug-likeness (QED) is 0.751. The number of rotatable bonds is 4. The first-order valence-corrected chi connectivity index (χ1v) is 11.1. The molecule has 5 rings (SSSR count). The van der Waals surface area contributed by atoms with Crippen LogP contribution in [-0.4, -0.2) is 29.3 Å². The van der Waals surface area contributed by atoms with Crippen molar-refractivity contribution < 1.29 is 14.4 Å². The molecule has 2 aromatic carbocycles. The Morgan fingerprint density at radius 2 is 1.84 bits per heavy atom. The van der Waals surface area contributed by atoms with Crippen LogP contribution < -0.4 is 10.6 Å². The van der Waals surface area contributed by atoms with Gasteiger partial charge < -0.3 is 10.6 Å². The summed E-state index contributed by atoms with van der Waals surface area (Å²) in [6.45, 7) is 1.45. The second-order valence-corrected chi connectivity index (χ2v) is 8.99. The van der Waals surface area contributed by atoms with Crippen LogP contribution in [0.5, 0.6) is 0 Å². The molecule has 0 saturated carbocycles. The first-order chi connectivity index (χ1) is 15.0. The summed E-state index contributed by atoms with van der Waals surface area (Å²) in [5.41, 5.74) is 4.56. The monoisotopic (exact) mass is 417 g/mol. The fourth-order valence-corrected chi connectivity index (χ4v) is 5.21. The number of benzene rings is 2. The number of nitrogens with zero attached hydrogens (tertiary/aromatic N) is 1. The normalized spacial score (nSPS) is 24.5. The lowest BCUT2D eigenvalue weighted by atomic mass is 9.88. The van der Waals surface area contributed by atoms with Crippen molar-refractivity contribution in [3.05, 3.63) is 70.3 Å². The zero-order chi connectivity index (χ0) is 21.6. The van der Waals surface area contributed by atoms with Gasteiger partial charge in [-0.3, -0.25) is 14.5 Å². The van der Waals surface area contributed by atoms with Crippen molar-refractivity contribution in [3.8, 4) is 0 Å². The van der Waals surface area contributed by atoms with Gasteiger partial charge in [0.2, 0.25) is 5.91 Å². The van der Waals surface area contributed by atoms with Gasteiger partial charge >= 0.3 is 6.03 Å². The molecule has 1 fully saturated rings. The zero-order valence-corrected chi connectivity index (χ0v) is 17.7. The summed E-state index contributed by atoms with van der Waals surface area (Å²) in [5, 5.41) is 5.85. The number of carbonyl (C=O) groups excluding carboxylic acids is 3. The van der Waals surface area contributed by atoms with Crippen molar-refractivity contribution in [2.75, 3.05) is 6.54 Å². The molecule has 0 aromatic heterocycles. The molecule has 1 saturated heterocycles. The molecule has 0 unspecified atom stereocenters. The lowest BCUT2D eigenvalue weighted by molar-refractivity contribution is -0.135. The second kappa shape index (κ2) is 7.52. The molecule has 4 amide bonds. The van der Waals surface area contributed by atoms with E-state index < -0.39 is 11.6 Å². The average Bonchev–Trinajstić information content (AvgIpc) is 3.32. The molecule has 0 radical (unpaired) electrons. The molecule has 1 heterocycles. The summed E-state index contributed by atoms with van der Waals surface area (Å²) < 4.78 is 0. The van der Waals surface area contributed by atoms with Gasteiger partial charge in [0, 0.05) is 0 Å². The van der Waals surface area contributed by atoms with E-state index in [9.17, 15) is 14.4 Å². The molecular weight excluding hydrogens is 390 g/mol. The van der Waals surface area contributed by atoms with E-state index in [0.29, 0.717) is 0 Å². The van der Waals surface area contributed by atoms with E-state index in [2.05, 4.69) is 22.8 Å². The van der Waals surface area contributed by atoms with E-state index >= 15 is 0 Å². The van der Waals surface area contributed by atoms with E-state index in [1.165, 1.54) is 16.7 Å². The molecule has 1 aliphatic heterocycles. The minimum atomic E-state index is -1.15. The van der Waals surface area contributed by atoms with Crippen molar-refractivity contribution in [2.24, 2.45) is 0 Å². The fourth-order valence-electron chi connectivity index (χ4n) is 5.21. The van der Waals surface area contributed by atoms with Crippen molar-refractivity contribution in [1.29, 1.82) is 0 Å². The smallest absolute Gasteiger partial charge is 0.325 e. The highest BCUT2D eigenvalue weighted by atomic mass is 16.2. The van der Waals surface area contributed by atoms with Crippen molar-refractivity contribution in [2.45, 2.75) is 57.0 Å². The Morgan fingerprint density at radius 1 is 1.06 bits per heavy atom. The number of urea groups is 1. The van der Waals surface area contributed by atoms with Crippen LogP contribution in [0.3, 0.4) is 0 Å². The Kier molecular flexibility index (Phi) is 4.80. The van der Waals surface area contributed by atoms with E-state index in [0.717, 1.165) is 54.6 Å². The van der Waals surface area contributed by atoms with Gasteiger partial charge in [-0.15, -0.1) is 0 Å². The van der Waals surface area contributed by atoms with Gasteiger partial charge in [0.05, 0.1) is 6.04 Å². The standard InChI is InChI=1S/C25H27N3O3/c1-25(19-13-12-16-7-4-9-18(16)14-19)23(30)28(24(31)27-25)15-22(29)26-21-11-5-8-17-6-2-3-10-20(17)21/h2-3,6,10,12-14,21H,4-5,7-9,11,15H2,1H3,(H,26,29)(H,27,31)/t21-,25+/m0/s1. The van der Waals surface area contributed by atoms with Gasteiger partial charge in [0.15, 0.2) is 0 Å². The molecule has 0 bridgehead atoms. The molecule has 2 aliphatic carbocycles. The van der Waals surface area contributed by atoms with Gasteiger partial charge in [-0.25, -0.2) is 4.79 Å². The summed E-state index contributed by atoms with van der Waals surface area (Å²) in [6, 6.07) is 13.5. The molecule has 31 heavy (non-hydrogen) atoms. The molecule has 160 valence electrons. The van der Waals surface area contributed by atoms with Crippen LogP contribution in [0.4, 0.5) is 4.79 Å². The number of imide groups is 1. The Bertz CT molecular complexity index is 1080. The first kappa shape index (κ1) is 19.8. The third-order valence-corrected chi connectivity index (χ3v) is 6.96. The summed E-state index contributed by atoms with van der Waals surface area (Å²) in [6.07, 6.45) is 6.04. The van der Waals surface area contributed by atoms with Crippen LogP contribution in [0, 0.1) is 0 Å². The third-order valence-electron chi connectivity index (χ3n) is 6.96. The number of nitrogens with one attached hydrogen (secondary N) is 2. The highest BCUT2D eigenvalue weighted by Gasteiger charge is 2.49. The number of hydrogen-bond acceptors (Lipinski definition) is 3. The lowest BCUT2D eigenvalue weighted by Crippen LogP contribution is -2.44. The largest absolute Gasteiger partial charge is 0.348 e. The molecule has 3 aliphatic rings. The summed E-state index contributed by atoms with van der Waals surface area (Å²) in [4.78, 5) is 39.7. The Labute approximate surface area is 182 Å². The highest BCUT2D eigenvalue weighted by Crippen LogP contribution is 2.33. The number of hydrogen-bond donors (Lipinski definition) is 2. The highest BCUT2D eigenvalue weighted by molar-refractivity contribution is 6.09. The molecule has 2 aromatic rings. The van der Waals surface area contributed by atoms with Gasteiger partial charge in [0.25, 0.3) is 5.91 Å². The Morgan fingerprint density at radius 3 is 2.71 bits per heavy atom. The summed E-state index contributed by atoms with van der Waals surface area (Å²) in [5.74, 6) is -0.696. The number of fused-ring (bicyclic) bond motifs is 2. The van der Waals surface area contributed by atoms with Crippen LogP contribution in [-0.2, 0) is 34.4 Å². The van der Waals surface area contributed by atoms with Crippen molar-refractivity contribution in [3.63, 3.8) is 0 Å². The molecule has 2 N–H and O–H groups in total. The molecule has 6 nitrogen and oxygen atoms in total. The minimum absolute atomic E-state index is 0.0821. The van der Waals surface area contributed by atoms with Crippen LogP contribution in [0.15, 0.2) is 42.5 Å². The maximum atomic E-state index is 13.2. The number of aryl methyl sites for hydroxylation is 3. The van der Waals surface area contributed by atoms with Crippen molar-refractivity contribution in [1.82, 2.24) is 15.5 Å². The van der Waals surface area contributed by atoms with Gasteiger partial charge in [-0.05, 0) is 73.3 Å². The molecule has 6 heteroatoms. The number of amides is 4. The van der Waals surface area contributed by atoms with Crippen LogP contribution >= 0.6 is 0 Å². The average molecular weight is 418 g/mol. The van der Waals surface area contributed by atoms with E-state index in [1.54, 1.807) is 6.92 Å². The SMILES string of the molecule is C[C@]1(c2ccc3c(c2)CCC3)NC(=O)N(CC(=O)N[C@H]2CCCc3ccccc32)C1=O. The van der Waals surface area contributed by atoms with E-state index in [-0.39, 0.29) is 24.4 Å². The Balaban J connectivity index is 1.31. The van der Waals surface area contributed by atoms with Crippen LogP contribution in [0.2, 0.25) is 0 Å². The van der Waals surface area contributed by atoms with Gasteiger partial charge in [-0.1, -0.05) is 42.5 Å². The topological polar surface area (TPSA) is 78.5 Å². The predicted molar refractivity (Wildman–Crippen MR) is 116 cm³/mol. The van der Waals surface area contributed by atoms with Crippen molar-refractivity contribution >= 4 is 17.8 Å². The third kappa shape index (κ3) is 3.40. The van der Waals surface area contributed by atoms with Crippen LogP contribution in [0.25, 0.3) is 0 Å².